The van der Waals surface area contributed by atoms with Crippen molar-refractivity contribution in [1.29, 1.82) is 5.26 Å². The highest BCUT2D eigenvalue weighted by Crippen LogP contribution is 2.37. The van der Waals surface area contributed by atoms with Crippen LogP contribution in [0.25, 0.3) is 27.8 Å². The fourth-order valence-corrected chi connectivity index (χ4v) is 6.83. The standard InChI is InChI=1S/C35H42N8O3/c1-23(2)40-34(45)35(3)11-13-41(14-12-35)31-10-7-25(18-37-31)30-16-26(21-43-33(30)27(17-36)19-39-43)28-20-38-42(22-28)29-8-5-24(6-9-29)15-32(44)46-4/h7,10,16,18-24,29H,5-6,8-9,11-15H2,1-4H3,(H,40,45). The van der Waals surface area contributed by atoms with Crippen LogP contribution in [0.2, 0.25) is 0 Å². The number of ether oxygens (including phenoxy) is 1. The largest absolute Gasteiger partial charge is 0.469 e. The Morgan fingerprint density at radius 2 is 1.80 bits per heavy atom. The van der Waals surface area contributed by atoms with Gasteiger partial charge < -0.3 is 15.0 Å². The van der Waals surface area contributed by atoms with Crippen molar-refractivity contribution < 1.29 is 14.3 Å². The summed E-state index contributed by atoms with van der Waals surface area (Å²) < 4.78 is 8.66. The van der Waals surface area contributed by atoms with Gasteiger partial charge in [0.05, 0.1) is 36.6 Å². The summed E-state index contributed by atoms with van der Waals surface area (Å²) >= 11 is 0. The molecule has 0 aromatic carbocycles. The maximum atomic E-state index is 12.8. The summed E-state index contributed by atoms with van der Waals surface area (Å²) in [5.74, 6) is 1.22. The van der Waals surface area contributed by atoms with Crippen molar-refractivity contribution in [3.05, 3.63) is 54.7 Å². The number of rotatable bonds is 8. The van der Waals surface area contributed by atoms with Crippen LogP contribution < -0.4 is 10.2 Å². The fraction of sp³-hybridized carbons (Fsp3) is 0.486. The molecule has 240 valence electrons. The first-order valence-electron chi connectivity index (χ1n) is 16.2. The minimum atomic E-state index is -0.375. The van der Waals surface area contributed by atoms with Crippen molar-refractivity contribution in [2.45, 2.75) is 77.8 Å². The first kappa shape index (κ1) is 31.3. The van der Waals surface area contributed by atoms with Crippen LogP contribution in [-0.2, 0) is 14.3 Å². The summed E-state index contributed by atoms with van der Waals surface area (Å²) in [5, 5.41) is 22.2. The second-order valence-corrected chi connectivity index (χ2v) is 13.4. The topological polar surface area (TPSA) is 130 Å². The van der Waals surface area contributed by atoms with Gasteiger partial charge in [-0.2, -0.15) is 15.5 Å². The molecule has 11 heteroatoms. The molecule has 0 spiro atoms. The molecule has 0 atom stereocenters. The number of fused-ring (bicyclic) bond motifs is 1. The van der Waals surface area contributed by atoms with Gasteiger partial charge in [0, 0.05) is 71.8 Å². The molecule has 6 rings (SSSR count). The number of carbonyl (C=O) groups is 2. The molecular weight excluding hydrogens is 580 g/mol. The Kier molecular flexibility index (Phi) is 8.80. The van der Waals surface area contributed by atoms with Gasteiger partial charge in [0.25, 0.3) is 0 Å². The summed E-state index contributed by atoms with van der Waals surface area (Å²) in [6.45, 7) is 7.55. The number of amides is 1. The summed E-state index contributed by atoms with van der Waals surface area (Å²) in [4.78, 5) is 31.6. The van der Waals surface area contributed by atoms with Crippen LogP contribution in [0.15, 0.2) is 49.2 Å². The minimum Gasteiger partial charge on any atom is -0.469 e. The molecule has 11 nitrogen and oxygen atoms in total. The van der Waals surface area contributed by atoms with Gasteiger partial charge in [-0.05, 0) is 76.5 Å². The van der Waals surface area contributed by atoms with E-state index in [-0.39, 0.29) is 29.4 Å². The highest BCUT2D eigenvalue weighted by atomic mass is 16.5. The van der Waals surface area contributed by atoms with Crippen LogP contribution >= 0.6 is 0 Å². The van der Waals surface area contributed by atoms with Crippen molar-refractivity contribution >= 4 is 23.2 Å². The van der Waals surface area contributed by atoms with Gasteiger partial charge in [-0.15, -0.1) is 0 Å². The third-order valence-electron chi connectivity index (χ3n) is 9.76. The van der Waals surface area contributed by atoms with Gasteiger partial charge in [-0.1, -0.05) is 6.92 Å². The lowest BCUT2D eigenvalue weighted by atomic mass is 9.79. The summed E-state index contributed by atoms with van der Waals surface area (Å²) in [7, 11) is 1.44. The Balaban J connectivity index is 1.21. The number of esters is 1. The van der Waals surface area contributed by atoms with Crippen molar-refractivity contribution in [3.63, 3.8) is 0 Å². The number of piperidine rings is 1. The third-order valence-corrected chi connectivity index (χ3v) is 9.76. The fourth-order valence-electron chi connectivity index (χ4n) is 6.83. The molecule has 1 aliphatic heterocycles. The number of nitrogens with one attached hydrogen (secondary N) is 1. The van der Waals surface area contributed by atoms with Gasteiger partial charge >= 0.3 is 5.97 Å². The molecule has 4 aromatic rings. The van der Waals surface area contributed by atoms with E-state index in [1.54, 1.807) is 10.7 Å². The average molecular weight is 623 g/mol. The molecular formula is C35H42N8O3. The van der Waals surface area contributed by atoms with E-state index in [4.69, 9.17) is 14.8 Å². The molecule has 0 bridgehead atoms. The van der Waals surface area contributed by atoms with Crippen LogP contribution in [0.4, 0.5) is 5.82 Å². The summed E-state index contributed by atoms with van der Waals surface area (Å²) in [6, 6.07) is 8.85. The molecule has 1 saturated carbocycles. The number of pyridine rings is 2. The van der Waals surface area contributed by atoms with E-state index in [1.807, 2.05) is 49.3 Å². The summed E-state index contributed by atoms with van der Waals surface area (Å²) in [6.07, 6.45) is 15.3. The molecule has 1 amide bonds. The van der Waals surface area contributed by atoms with E-state index >= 15 is 0 Å². The molecule has 5 heterocycles. The van der Waals surface area contributed by atoms with E-state index < -0.39 is 0 Å². The molecule has 1 N–H and O–H groups in total. The van der Waals surface area contributed by atoms with Gasteiger partial charge in [0.15, 0.2) is 0 Å². The molecule has 0 radical (unpaired) electrons. The van der Waals surface area contributed by atoms with E-state index in [1.165, 1.54) is 7.11 Å². The van der Waals surface area contributed by atoms with Crippen LogP contribution in [0.5, 0.6) is 0 Å². The Bertz CT molecular complexity index is 1750. The molecule has 4 aromatic heterocycles. The highest BCUT2D eigenvalue weighted by molar-refractivity contribution is 5.87. The normalized spacial score (nSPS) is 19.6. The smallest absolute Gasteiger partial charge is 0.305 e. The second-order valence-electron chi connectivity index (χ2n) is 13.4. The van der Waals surface area contributed by atoms with Crippen LogP contribution in [0, 0.1) is 22.7 Å². The lowest BCUT2D eigenvalue weighted by molar-refractivity contribution is -0.142. The maximum Gasteiger partial charge on any atom is 0.305 e. The minimum absolute atomic E-state index is 0.122. The van der Waals surface area contributed by atoms with E-state index in [2.05, 4.69) is 40.6 Å². The lowest BCUT2D eigenvalue weighted by Gasteiger charge is -2.39. The van der Waals surface area contributed by atoms with Crippen LogP contribution in [0.3, 0.4) is 0 Å². The quantitative estimate of drug-likeness (QED) is 0.253. The molecule has 1 saturated heterocycles. The average Bonchev–Trinajstić information content (AvgIpc) is 3.73. The number of nitrogens with zero attached hydrogens (tertiary/aromatic N) is 7. The van der Waals surface area contributed by atoms with E-state index in [9.17, 15) is 14.9 Å². The van der Waals surface area contributed by atoms with Crippen molar-refractivity contribution in [2.75, 3.05) is 25.1 Å². The zero-order valence-corrected chi connectivity index (χ0v) is 27.1. The molecule has 2 aliphatic rings. The lowest BCUT2D eigenvalue weighted by Crippen LogP contribution is -2.49. The van der Waals surface area contributed by atoms with Crippen molar-refractivity contribution in [3.8, 4) is 28.3 Å². The van der Waals surface area contributed by atoms with Gasteiger partial charge in [0.1, 0.15) is 11.9 Å². The first-order valence-corrected chi connectivity index (χ1v) is 16.2. The number of anilines is 1. The number of hydrogen-bond acceptors (Lipinski definition) is 8. The number of nitriles is 1. The number of aromatic nitrogens is 5. The summed E-state index contributed by atoms with van der Waals surface area (Å²) in [5.41, 5.74) is 4.54. The van der Waals surface area contributed by atoms with Gasteiger partial charge in [-0.25, -0.2) is 9.50 Å². The zero-order chi connectivity index (χ0) is 32.4. The number of hydrogen-bond donors (Lipinski definition) is 1. The van der Waals surface area contributed by atoms with Crippen molar-refractivity contribution in [2.24, 2.45) is 11.3 Å². The third kappa shape index (κ3) is 6.34. The number of methoxy groups -OCH3 is 1. The Morgan fingerprint density at radius 3 is 2.46 bits per heavy atom. The monoisotopic (exact) mass is 622 g/mol. The Labute approximate surface area is 269 Å². The second kappa shape index (κ2) is 12.9. The Morgan fingerprint density at radius 1 is 1.04 bits per heavy atom. The molecule has 46 heavy (non-hydrogen) atoms. The first-order chi connectivity index (χ1) is 22.2. The SMILES string of the molecule is COC(=O)CC1CCC(n2cc(-c3cc(-c4ccc(N5CCC(C)(C(=O)NC(C)C)CC5)nc4)c4c(C#N)cnn4c3)cn2)CC1. The predicted octanol–water partition coefficient (Wildman–Crippen LogP) is 5.56. The number of carbonyl (C=O) groups excluding carboxylic acids is 2. The van der Waals surface area contributed by atoms with E-state index in [0.717, 1.165) is 85.2 Å². The van der Waals surface area contributed by atoms with E-state index in [0.29, 0.717) is 17.9 Å². The van der Waals surface area contributed by atoms with Crippen molar-refractivity contribution in [1.82, 2.24) is 29.7 Å². The van der Waals surface area contributed by atoms with Crippen LogP contribution in [0.1, 0.15) is 77.3 Å². The van der Waals surface area contributed by atoms with Gasteiger partial charge in [0.2, 0.25) is 5.91 Å². The maximum absolute atomic E-state index is 12.8. The predicted molar refractivity (Wildman–Crippen MR) is 175 cm³/mol. The molecule has 2 fully saturated rings. The molecule has 0 unspecified atom stereocenters. The Hall–Kier alpha value is -4.72. The van der Waals surface area contributed by atoms with Crippen LogP contribution in [-0.4, -0.2) is 62.5 Å². The van der Waals surface area contributed by atoms with Gasteiger partial charge in [-0.3, -0.25) is 14.3 Å². The molecule has 1 aliphatic carbocycles. The zero-order valence-electron chi connectivity index (χ0n) is 27.1. The highest BCUT2D eigenvalue weighted by Gasteiger charge is 2.37.